The van der Waals surface area contributed by atoms with Gasteiger partial charge >= 0.3 is 11.9 Å². The highest BCUT2D eigenvalue weighted by Crippen LogP contribution is 2.23. The molecule has 0 aromatic heterocycles. The summed E-state index contributed by atoms with van der Waals surface area (Å²) in [5.41, 5.74) is 1.27. The smallest absolute Gasteiger partial charge is 0.308 e. The molecule has 0 fully saturated rings. The molecular formula is C56H108N2O5. The molecule has 7 heteroatoms. The van der Waals surface area contributed by atoms with Crippen LogP contribution in [0.2, 0.25) is 0 Å². The van der Waals surface area contributed by atoms with E-state index in [1.165, 1.54) is 108 Å². The minimum absolute atomic E-state index is 0.0181. The van der Waals surface area contributed by atoms with Gasteiger partial charge in [-0.25, -0.2) is 0 Å². The van der Waals surface area contributed by atoms with E-state index in [9.17, 15) is 14.7 Å². The third-order valence-electron chi connectivity index (χ3n) is 13.2. The van der Waals surface area contributed by atoms with Crippen LogP contribution in [0.5, 0.6) is 0 Å². The van der Waals surface area contributed by atoms with Crippen molar-refractivity contribution in [3.8, 4) is 0 Å². The van der Waals surface area contributed by atoms with Gasteiger partial charge in [-0.1, -0.05) is 188 Å². The Balaban J connectivity index is 5.11. The van der Waals surface area contributed by atoms with Gasteiger partial charge < -0.3 is 24.4 Å². The van der Waals surface area contributed by atoms with Crippen molar-refractivity contribution >= 4 is 11.9 Å². The van der Waals surface area contributed by atoms with Gasteiger partial charge in [0.15, 0.2) is 0 Å². The number of hydrogen-bond donors (Lipinski definition) is 1. The molecule has 0 aromatic rings. The summed E-state index contributed by atoms with van der Waals surface area (Å²) in [6, 6.07) is 0. The molecule has 0 saturated carbocycles. The molecule has 1 N–H and O–H groups in total. The van der Waals surface area contributed by atoms with Crippen LogP contribution in [-0.4, -0.2) is 72.8 Å². The Morgan fingerprint density at radius 1 is 0.508 bits per heavy atom. The predicted octanol–water partition coefficient (Wildman–Crippen LogP) is 15.9. The number of aliphatic hydroxyl groups excluding tert-OH is 1. The van der Waals surface area contributed by atoms with Crippen LogP contribution in [0.3, 0.4) is 0 Å². The molecule has 0 aliphatic heterocycles. The summed E-state index contributed by atoms with van der Waals surface area (Å²) < 4.78 is 11.8. The van der Waals surface area contributed by atoms with Gasteiger partial charge in [0.25, 0.3) is 0 Å². The average molecular weight is 889 g/mol. The number of carbonyl (C=O) groups is 2. The molecular weight excluding hydrogens is 781 g/mol. The van der Waals surface area contributed by atoms with E-state index in [2.05, 4.69) is 76.6 Å². The summed E-state index contributed by atoms with van der Waals surface area (Å²) in [7, 11) is 0. The third-order valence-corrected chi connectivity index (χ3v) is 13.2. The first kappa shape index (κ1) is 61.1. The summed E-state index contributed by atoms with van der Waals surface area (Å²) in [6.07, 6.45) is 44.2. The molecule has 0 rings (SSSR count). The summed E-state index contributed by atoms with van der Waals surface area (Å²) in [4.78, 5) is 31.3. The molecule has 3 atom stereocenters. The number of hydrogen-bond acceptors (Lipinski definition) is 7. The van der Waals surface area contributed by atoms with Gasteiger partial charge in [-0.15, -0.1) is 0 Å². The van der Waals surface area contributed by atoms with Crippen molar-refractivity contribution in [3.63, 3.8) is 0 Å². The molecule has 0 aromatic carbocycles. The Kier molecular flexibility index (Phi) is 45.3. The Morgan fingerprint density at radius 2 is 0.905 bits per heavy atom. The molecule has 0 heterocycles. The molecule has 0 radical (unpaired) electrons. The van der Waals surface area contributed by atoms with Crippen molar-refractivity contribution in [3.05, 3.63) is 24.0 Å². The fourth-order valence-electron chi connectivity index (χ4n) is 8.78. The van der Waals surface area contributed by atoms with Crippen molar-refractivity contribution in [2.75, 3.05) is 46.0 Å². The number of carbonyl (C=O) groups excluding carboxylic acids is 2. The van der Waals surface area contributed by atoms with Gasteiger partial charge in [-0.2, -0.15) is 0 Å². The van der Waals surface area contributed by atoms with Crippen LogP contribution in [0, 0.1) is 17.8 Å². The number of ether oxygens (including phenoxy) is 2. The maximum absolute atomic E-state index is 13.2. The first-order chi connectivity index (χ1) is 30.8. The van der Waals surface area contributed by atoms with Gasteiger partial charge in [-0.05, 0) is 110 Å². The van der Waals surface area contributed by atoms with Crippen molar-refractivity contribution in [2.45, 2.75) is 260 Å². The van der Waals surface area contributed by atoms with E-state index in [4.69, 9.17) is 9.47 Å². The van der Waals surface area contributed by atoms with E-state index < -0.39 is 0 Å². The lowest BCUT2D eigenvalue weighted by molar-refractivity contribution is -0.150. The van der Waals surface area contributed by atoms with Gasteiger partial charge in [0.2, 0.25) is 0 Å². The predicted molar refractivity (Wildman–Crippen MR) is 272 cm³/mol. The van der Waals surface area contributed by atoms with Crippen molar-refractivity contribution in [1.29, 1.82) is 0 Å². The molecule has 0 aliphatic rings. The number of allylic oxidation sites excluding steroid dienone is 3. The Morgan fingerprint density at radius 3 is 1.37 bits per heavy atom. The maximum Gasteiger partial charge on any atom is 0.308 e. The second kappa shape index (κ2) is 46.7. The van der Waals surface area contributed by atoms with Gasteiger partial charge in [0.05, 0.1) is 25.0 Å². The monoisotopic (exact) mass is 889 g/mol. The molecule has 0 saturated heterocycles. The van der Waals surface area contributed by atoms with E-state index >= 15 is 0 Å². The fraction of sp³-hybridized carbons (Fsp3) is 0.893. The highest BCUT2D eigenvalue weighted by Gasteiger charge is 2.21. The third kappa shape index (κ3) is 37.0. The number of esters is 2. The van der Waals surface area contributed by atoms with E-state index in [1.54, 1.807) is 0 Å². The first-order valence-electron chi connectivity index (χ1n) is 27.5. The summed E-state index contributed by atoms with van der Waals surface area (Å²) in [5.74, 6) is 0.381. The molecule has 372 valence electrons. The zero-order valence-corrected chi connectivity index (χ0v) is 43.2. The van der Waals surface area contributed by atoms with E-state index in [0.29, 0.717) is 13.2 Å². The molecule has 0 spiro atoms. The summed E-state index contributed by atoms with van der Waals surface area (Å²) >= 11 is 0. The normalized spacial score (nSPS) is 13.5. The Bertz CT molecular complexity index is 1060. The van der Waals surface area contributed by atoms with Gasteiger partial charge in [0.1, 0.15) is 0 Å². The lowest BCUT2D eigenvalue weighted by atomic mass is 9.94. The first-order valence-corrected chi connectivity index (χ1v) is 27.5. The van der Waals surface area contributed by atoms with Crippen LogP contribution in [0.25, 0.3) is 0 Å². The molecule has 3 unspecified atom stereocenters. The topological polar surface area (TPSA) is 79.3 Å². The zero-order chi connectivity index (χ0) is 46.4. The quantitative estimate of drug-likeness (QED) is 0.0481. The Labute approximate surface area is 392 Å². The fourth-order valence-corrected chi connectivity index (χ4v) is 8.78. The molecule has 0 bridgehead atoms. The van der Waals surface area contributed by atoms with Crippen LogP contribution in [0.1, 0.15) is 260 Å². The molecule has 7 nitrogen and oxygen atoms in total. The molecule has 0 amide bonds. The molecule has 0 aliphatic carbocycles. The van der Waals surface area contributed by atoms with Crippen LogP contribution in [0.4, 0.5) is 0 Å². The minimum Gasteiger partial charge on any atom is -0.465 e. The van der Waals surface area contributed by atoms with E-state index in [0.717, 1.165) is 135 Å². The highest BCUT2D eigenvalue weighted by atomic mass is 16.5. The van der Waals surface area contributed by atoms with Crippen LogP contribution < -0.4 is 0 Å². The second-order valence-corrected chi connectivity index (χ2v) is 19.1. The minimum atomic E-state index is 0.0181. The second-order valence-electron chi connectivity index (χ2n) is 19.1. The number of rotatable bonds is 48. The summed E-state index contributed by atoms with van der Waals surface area (Å²) in [5, 5.41) is 10.5. The largest absolute Gasteiger partial charge is 0.465 e. The maximum atomic E-state index is 13.2. The lowest BCUT2D eigenvalue weighted by Gasteiger charge is -2.28. The number of aliphatic hydroxyl groups is 1. The highest BCUT2D eigenvalue weighted by molar-refractivity contribution is 5.72. The number of unbranched alkanes of at least 4 members (excludes halogenated alkanes) is 20. The van der Waals surface area contributed by atoms with Gasteiger partial charge in [0, 0.05) is 25.4 Å². The number of nitrogens with zero attached hydrogens (tertiary/aromatic N) is 2. The van der Waals surface area contributed by atoms with E-state index in [1.807, 2.05) is 0 Å². The lowest BCUT2D eigenvalue weighted by Crippen LogP contribution is -2.34. The van der Waals surface area contributed by atoms with Crippen molar-refractivity contribution in [1.82, 2.24) is 9.80 Å². The van der Waals surface area contributed by atoms with Crippen LogP contribution >= 0.6 is 0 Å². The van der Waals surface area contributed by atoms with Crippen molar-refractivity contribution < 1.29 is 24.2 Å². The van der Waals surface area contributed by atoms with E-state index in [-0.39, 0.29) is 36.3 Å². The zero-order valence-electron chi connectivity index (χ0n) is 43.2. The van der Waals surface area contributed by atoms with Crippen LogP contribution in [-0.2, 0) is 19.1 Å². The van der Waals surface area contributed by atoms with Gasteiger partial charge in [-0.3, -0.25) is 9.59 Å². The Hall–Kier alpha value is -1.86. The SMILES string of the molecule is C/C=C(/C)N(/C=C\CC)CCCN(CCCCCCOC(=O)C(CCCCCC)CCCCCCCC)CC(CO)CCCCOC(=O)C(CCCCCC)CCCCCCCC. The van der Waals surface area contributed by atoms with Crippen molar-refractivity contribution in [2.24, 2.45) is 17.8 Å². The average Bonchev–Trinajstić information content (AvgIpc) is 3.29. The molecule has 63 heavy (non-hydrogen) atoms. The summed E-state index contributed by atoms with van der Waals surface area (Å²) in [6.45, 7) is 20.5. The standard InChI is InChI=1S/C56H108N2O5/c1-8-14-19-23-25-31-41-53(39-29-21-16-10-3)55(60)62-47-35-28-27-34-43-57(44-37-46-58(45-18-12-5)51(7)13-6)49-52(50-59)38-33-36-48-63-56(61)54(40-30-22-17-11-4)42-32-26-24-20-15-9-2/h13,18,45,52-54,59H,8-12,14-17,19-44,46-50H2,1-7H3/b45-18-,51-13-. The van der Waals surface area contributed by atoms with Crippen LogP contribution in [0.15, 0.2) is 24.0 Å².